The number of anilines is 2. The van der Waals surface area contributed by atoms with E-state index in [1.165, 1.54) is 45.6 Å². The molecular formula is C24H25ClN2O6S. The highest BCUT2D eigenvalue weighted by Crippen LogP contribution is 2.33. The maximum Gasteiger partial charge on any atom is 0.264 e. The fourth-order valence-corrected chi connectivity index (χ4v) is 4.85. The van der Waals surface area contributed by atoms with Crippen LogP contribution in [0.2, 0.25) is 5.02 Å². The van der Waals surface area contributed by atoms with Crippen molar-refractivity contribution < 1.29 is 27.4 Å². The van der Waals surface area contributed by atoms with E-state index in [-0.39, 0.29) is 15.6 Å². The van der Waals surface area contributed by atoms with E-state index in [1.54, 1.807) is 36.4 Å². The molecule has 180 valence electrons. The number of nitrogens with one attached hydrogen (secondary N) is 1. The van der Waals surface area contributed by atoms with Crippen LogP contribution in [0.3, 0.4) is 0 Å². The number of hydrogen-bond acceptors (Lipinski definition) is 6. The summed E-state index contributed by atoms with van der Waals surface area (Å²) in [6.45, 7) is 1.35. The van der Waals surface area contributed by atoms with Crippen molar-refractivity contribution in [2.45, 2.75) is 11.8 Å². The van der Waals surface area contributed by atoms with Gasteiger partial charge in [-0.15, -0.1) is 0 Å². The third-order valence-electron chi connectivity index (χ3n) is 5.00. The second-order valence-corrected chi connectivity index (χ2v) is 9.53. The van der Waals surface area contributed by atoms with Crippen LogP contribution in [0.25, 0.3) is 0 Å². The number of carbonyl (C=O) groups excluding carboxylic acids is 1. The summed E-state index contributed by atoms with van der Waals surface area (Å²) in [5.74, 6) is 0.719. The van der Waals surface area contributed by atoms with Crippen molar-refractivity contribution >= 4 is 38.9 Å². The summed E-state index contributed by atoms with van der Waals surface area (Å²) >= 11 is 6.25. The summed E-state index contributed by atoms with van der Waals surface area (Å²) < 4.78 is 43.7. The van der Waals surface area contributed by atoms with E-state index in [2.05, 4.69) is 5.32 Å². The standard InChI is InChI=1S/C24H25ClN2O6S/c1-16-5-9-19(10-6-16)34(29,30)27(17-7-12-22(32-3)20(25)13-17)15-24(28)26-21-11-8-18(31-2)14-23(21)33-4/h5-14H,15H2,1-4H3,(H,26,28). The third-order valence-corrected chi connectivity index (χ3v) is 7.09. The molecule has 1 amide bonds. The number of nitrogens with zero attached hydrogens (tertiary/aromatic N) is 1. The smallest absolute Gasteiger partial charge is 0.264 e. The van der Waals surface area contributed by atoms with Crippen molar-refractivity contribution in [2.24, 2.45) is 0 Å². The van der Waals surface area contributed by atoms with Crippen molar-refractivity contribution in [1.29, 1.82) is 0 Å². The Balaban J connectivity index is 1.98. The molecule has 0 spiro atoms. The number of ether oxygens (including phenoxy) is 3. The van der Waals surface area contributed by atoms with Crippen molar-refractivity contribution in [3.8, 4) is 17.2 Å². The monoisotopic (exact) mass is 504 g/mol. The first-order chi connectivity index (χ1) is 16.2. The van der Waals surface area contributed by atoms with Crippen LogP contribution >= 0.6 is 11.6 Å². The van der Waals surface area contributed by atoms with E-state index >= 15 is 0 Å². The van der Waals surface area contributed by atoms with Crippen LogP contribution in [0.4, 0.5) is 11.4 Å². The Hall–Kier alpha value is -3.43. The fraction of sp³-hybridized carbons (Fsp3) is 0.208. The second kappa shape index (κ2) is 10.7. The minimum Gasteiger partial charge on any atom is -0.497 e. The maximum absolute atomic E-state index is 13.5. The highest BCUT2D eigenvalue weighted by molar-refractivity contribution is 7.92. The number of aryl methyl sites for hydroxylation is 1. The first-order valence-corrected chi connectivity index (χ1v) is 12.0. The molecule has 0 heterocycles. The zero-order valence-corrected chi connectivity index (χ0v) is 20.7. The Labute approximate surface area is 204 Å². The lowest BCUT2D eigenvalue weighted by Crippen LogP contribution is -2.38. The fourth-order valence-electron chi connectivity index (χ4n) is 3.18. The van der Waals surface area contributed by atoms with E-state index in [9.17, 15) is 13.2 Å². The number of rotatable bonds is 9. The average molecular weight is 505 g/mol. The van der Waals surface area contributed by atoms with Crippen LogP contribution in [0.1, 0.15) is 5.56 Å². The van der Waals surface area contributed by atoms with Crippen LogP contribution in [0, 0.1) is 6.92 Å². The largest absolute Gasteiger partial charge is 0.497 e. The second-order valence-electron chi connectivity index (χ2n) is 7.26. The van der Waals surface area contributed by atoms with Gasteiger partial charge in [0, 0.05) is 6.07 Å². The lowest BCUT2D eigenvalue weighted by molar-refractivity contribution is -0.114. The van der Waals surface area contributed by atoms with Gasteiger partial charge in [-0.3, -0.25) is 9.10 Å². The van der Waals surface area contributed by atoms with Gasteiger partial charge in [0.15, 0.2) is 0 Å². The molecule has 0 aromatic heterocycles. The Morgan fingerprint density at radius 2 is 1.59 bits per heavy atom. The molecule has 0 radical (unpaired) electrons. The highest BCUT2D eigenvalue weighted by atomic mass is 35.5. The quantitative estimate of drug-likeness (QED) is 0.461. The number of sulfonamides is 1. The molecule has 0 aliphatic heterocycles. The summed E-state index contributed by atoms with van der Waals surface area (Å²) in [6, 6.07) is 15.7. The molecule has 0 saturated heterocycles. The maximum atomic E-state index is 13.5. The van der Waals surface area contributed by atoms with Gasteiger partial charge in [-0.05, 0) is 49.4 Å². The first kappa shape index (κ1) is 25.2. The van der Waals surface area contributed by atoms with Gasteiger partial charge in [0.2, 0.25) is 5.91 Å². The molecule has 0 aliphatic carbocycles. The lowest BCUT2D eigenvalue weighted by atomic mass is 10.2. The number of benzene rings is 3. The zero-order chi connectivity index (χ0) is 24.9. The Morgan fingerprint density at radius 3 is 2.18 bits per heavy atom. The summed E-state index contributed by atoms with van der Waals surface area (Å²) in [5, 5.41) is 2.91. The van der Waals surface area contributed by atoms with E-state index < -0.39 is 22.5 Å². The molecule has 0 saturated carbocycles. The van der Waals surface area contributed by atoms with Crippen LogP contribution in [0.15, 0.2) is 65.6 Å². The number of hydrogen-bond donors (Lipinski definition) is 1. The Bertz CT molecular complexity index is 1280. The molecule has 0 bridgehead atoms. The number of amides is 1. The molecule has 0 unspecified atom stereocenters. The van der Waals surface area contributed by atoms with Crippen LogP contribution in [-0.4, -0.2) is 42.2 Å². The van der Waals surface area contributed by atoms with Crippen LogP contribution in [-0.2, 0) is 14.8 Å². The first-order valence-electron chi connectivity index (χ1n) is 10.1. The number of methoxy groups -OCH3 is 3. The minimum atomic E-state index is -4.10. The van der Waals surface area contributed by atoms with Crippen LogP contribution < -0.4 is 23.8 Å². The predicted octanol–water partition coefficient (Wildman–Crippen LogP) is 4.51. The molecule has 0 atom stereocenters. The highest BCUT2D eigenvalue weighted by Gasteiger charge is 2.28. The summed E-state index contributed by atoms with van der Waals surface area (Å²) in [6.07, 6.45) is 0. The normalized spacial score (nSPS) is 11.0. The summed E-state index contributed by atoms with van der Waals surface area (Å²) in [5.41, 5.74) is 1.49. The van der Waals surface area contributed by atoms with Gasteiger partial charge in [0.1, 0.15) is 23.8 Å². The molecule has 10 heteroatoms. The molecule has 0 fully saturated rings. The molecule has 0 aliphatic rings. The molecule has 3 rings (SSSR count). The van der Waals surface area contributed by atoms with E-state index in [0.29, 0.717) is 22.9 Å². The molecule has 3 aromatic rings. The van der Waals surface area contributed by atoms with Gasteiger partial charge in [0.05, 0.1) is 42.6 Å². The van der Waals surface area contributed by atoms with E-state index in [0.717, 1.165) is 9.87 Å². The van der Waals surface area contributed by atoms with Gasteiger partial charge in [-0.25, -0.2) is 8.42 Å². The van der Waals surface area contributed by atoms with E-state index in [1.807, 2.05) is 6.92 Å². The summed E-state index contributed by atoms with van der Waals surface area (Å²) in [4.78, 5) is 13.0. The van der Waals surface area contributed by atoms with Crippen molar-refractivity contribution in [1.82, 2.24) is 0 Å². The molecule has 8 nitrogen and oxygen atoms in total. The molecular weight excluding hydrogens is 480 g/mol. The van der Waals surface area contributed by atoms with Crippen molar-refractivity contribution in [3.05, 3.63) is 71.2 Å². The van der Waals surface area contributed by atoms with E-state index in [4.69, 9.17) is 25.8 Å². The minimum absolute atomic E-state index is 0.0415. The number of carbonyl (C=O) groups is 1. The van der Waals surface area contributed by atoms with Gasteiger partial charge < -0.3 is 19.5 Å². The Kier molecular flexibility index (Phi) is 7.90. The predicted molar refractivity (Wildman–Crippen MR) is 132 cm³/mol. The lowest BCUT2D eigenvalue weighted by Gasteiger charge is -2.25. The van der Waals surface area contributed by atoms with Gasteiger partial charge in [-0.2, -0.15) is 0 Å². The third kappa shape index (κ3) is 5.55. The van der Waals surface area contributed by atoms with Crippen LogP contribution in [0.5, 0.6) is 17.2 Å². The number of halogens is 1. The molecule has 1 N–H and O–H groups in total. The Morgan fingerprint density at radius 1 is 0.912 bits per heavy atom. The van der Waals surface area contributed by atoms with Crippen molar-refractivity contribution in [3.63, 3.8) is 0 Å². The van der Waals surface area contributed by atoms with Gasteiger partial charge in [0.25, 0.3) is 10.0 Å². The zero-order valence-electron chi connectivity index (χ0n) is 19.2. The summed E-state index contributed by atoms with van der Waals surface area (Å²) in [7, 11) is 0.328. The SMILES string of the molecule is COc1ccc(NC(=O)CN(c2ccc(OC)c(Cl)c2)S(=O)(=O)c2ccc(C)cc2)c(OC)c1. The molecule has 3 aromatic carbocycles. The van der Waals surface area contributed by atoms with Gasteiger partial charge in [-0.1, -0.05) is 29.3 Å². The topological polar surface area (TPSA) is 94.2 Å². The molecule has 34 heavy (non-hydrogen) atoms. The van der Waals surface area contributed by atoms with Crippen molar-refractivity contribution in [2.75, 3.05) is 37.5 Å². The average Bonchev–Trinajstić information content (AvgIpc) is 2.83. The van der Waals surface area contributed by atoms with Gasteiger partial charge >= 0.3 is 0 Å².